The smallest absolute Gasteiger partial charge is 0.264 e. The van der Waals surface area contributed by atoms with Crippen LogP contribution in [0, 0.1) is 11.6 Å². The summed E-state index contributed by atoms with van der Waals surface area (Å²) in [6.07, 6.45) is 3.41. The summed E-state index contributed by atoms with van der Waals surface area (Å²) in [5.74, 6) is -1.93. The Bertz CT molecular complexity index is 1070. The van der Waals surface area contributed by atoms with E-state index in [0.717, 1.165) is 40.4 Å². The number of halogens is 2. The van der Waals surface area contributed by atoms with Gasteiger partial charge in [0, 0.05) is 11.6 Å². The highest BCUT2D eigenvalue weighted by molar-refractivity contribution is 8.18. The van der Waals surface area contributed by atoms with Crippen molar-refractivity contribution < 1.29 is 13.6 Å². The molecular weight excluding hydrogens is 356 g/mol. The van der Waals surface area contributed by atoms with Gasteiger partial charge in [0.15, 0.2) is 16.8 Å². The number of benzene rings is 2. The van der Waals surface area contributed by atoms with Crippen LogP contribution in [0.15, 0.2) is 64.6 Å². The number of carbonyl (C=O) groups excluding carboxylic acids is 1. The van der Waals surface area contributed by atoms with Crippen molar-refractivity contribution in [1.29, 1.82) is 0 Å². The standard InChI is InChI=1S/C19H11F2N3OS/c20-13-4-1-5-14(21)17(13)23-19-24-18(25)16(26-19)10-11-6-7-15-12(9-11)3-2-8-22-15/h1-10H,(H,23,24,25). The lowest BCUT2D eigenvalue weighted by Crippen LogP contribution is -2.19. The van der Waals surface area contributed by atoms with Crippen LogP contribution in [-0.4, -0.2) is 16.1 Å². The van der Waals surface area contributed by atoms with Gasteiger partial charge in [-0.1, -0.05) is 18.2 Å². The van der Waals surface area contributed by atoms with Gasteiger partial charge < -0.3 is 5.32 Å². The summed E-state index contributed by atoms with van der Waals surface area (Å²) >= 11 is 1.03. The Hall–Kier alpha value is -3.06. The number of nitrogens with one attached hydrogen (secondary N) is 1. The van der Waals surface area contributed by atoms with E-state index in [4.69, 9.17) is 0 Å². The first-order valence-electron chi connectivity index (χ1n) is 7.68. The molecule has 2 heterocycles. The molecule has 0 saturated carbocycles. The number of amides is 1. The van der Waals surface area contributed by atoms with Crippen LogP contribution >= 0.6 is 11.8 Å². The molecule has 4 nitrogen and oxygen atoms in total. The van der Waals surface area contributed by atoms with Gasteiger partial charge in [0.2, 0.25) is 0 Å². The molecular formula is C19H11F2N3OS. The van der Waals surface area contributed by atoms with E-state index in [9.17, 15) is 13.6 Å². The lowest BCUT2D eigenvalue weighted by atomic mass is 10.1. The Kier molecular flexibility index (Phi) is 4.22. The number of aromatic nitrogens is 1. The minimum Gasteiger partial charge on any atom is -0.300 e. The topological polar surface area (TPSA) is 54.4 Å². The van der Waals surface area contributed by atoms with Gasteiger partial charge in [-0.15, -0.1) is 0 Å². The highest BCUT2D eigenvalue weighted by Gasteiger charge is 2.24. The highest BCUT2D eigenvalue weighted by atomic mass is 32.2. The average Bonchev–Trinajstić information content (AvgIpc) is 2.97. The molecule has 1 fully saturated rings. The zero-order valence-corrected chi connectivity index (χ0v) is 14.1. The number of amidine groups is 1. The van der Waals surface area contributed by atoms with Crippen LogP contribution in [0.5, 0.6) is 0 Å². The van der Waals surface area contributed by atoms with Crippen molar-refractivity contribution in [3.63, 3.8) is 0 Å². The maximum atomic E-state index is 13.7. The first-order valence-corrected chi connectivity index (χ1v) is 8.50. The largest absolute Gasteiger partial charge is 0.300 e. The molecule has 0 atom stereocenters. The molecule has 1 saturated heterocycles. The molecule has 26 heavy (non-hydrogen) atoms. The predicted octanol–water partition coefficient (Wildman–Crippen LogP) is 4.40. The first-order chi connectivity index (χ1) is 12.6. The molecule has 1 aliphatic heterocycles. The molecule has 1 aromatic heterocycles. The summed E-state index contributed by atoms with van der Waals surface area (Å²) in [5, 5.41) is 3.61. The van der Waals surface area contributed by atoms with Crippen molar-refractivity contribution in [2.75, 3.05) is 0 Å². The Balaban J connectivity index is 1.65. The first kappa shape index (κ1) is 16.4. The lowest BCUT2D eigenvalue weighted by Gasteiger charge is -2.00. The highest BCUT2D eigenvalue weighted by Crippen LogP contribution is 2.30. The van der Waals surface area contributed by atoms with Crippen molar-refractivity contribution in [1.82, 2.24) is 10.3 Å². The number of thioether (sulfide) groups is 1. The van der Waals surface area contributed by atoms with Crippen LogP contribution in [0.4, 0.5) is 14.5 Å². The summed E-state index contributed by atoms with van der Waals surface area (Å²) in [4.78, 5) is 20.7. The Morgan fingerprint density at radius 3 is 2.69 bits per heavy atom. The van der Waals surface area contributed by atoms with Crippen LogP contribution in [0.2, 0.25) is 0 Å². The van der Waals surface area contributed by atoms with E-state index in [-0.39, 0.29) is 11.1 Å². The van der Waals surface area contributed by atoms with Gasteiger partial charge >= 0.3 is 0 Å². The quantitative estimate of drug-likeness (QED) is 0.683. The van der Waals surface area contributed by atoms with Crippen molar-refractivity contribution in [3.05, 3.63) is 76.8 Å². The second-order valence-electron chi connectivity index (χ2n) is 5.51. The van der Waals surface area contributed by atoms with Crippen molar-refractivity contribution in [2.24, 2.45) is 4.99 Å². The van der Waals surface area contributed by atoms with Crippen molar-refractivity contribution in [2.45, 2.75) is 0 Å². The van der Waals surface area contributed by atoms with Crippen molar-refractivity contribution in [3.8, 4) is 0 Å². The SMILES string of the molecule is O=C1NC(=Nc2c(F)cccc2F)SC1=Cc1ccc2ncccc2c1. The predicted molar refractivity (Wildman–Crippen MR) is 98.9 cm³/mol. The number of fused-ring (bicyclic) bond motifs is 1. The van der Waals surface area contributed by atoms with E-state index in [1.54, 1.807) is 12.3 Å². The van der Waals surface area contributed by atoms with Crippen LogP contribution in [-0.2, 0) is 4.79 Å². The molecule has 128 valence electrons. The molecule has 1 N–H and O–H groups in total. The maximum absolute atomic E-state index is 13.7. The number of para-hydroxylation sites is 1. The van der Waals surface area contributed by atoms with Gasteiger partial charge in [0.1, 0.15) is 5.69 Å². The summed E-state index contributed by atoms with van der Waals surface area (Å²) in [6.45, 7) is 0. The number of rotatable bonds is 2. The average molecular weight is 367 g/mol. The normalized spacial score (nSPS) is 17.2. The monoisotopic (exact) mass is 367 g/mol. The third-order valence-corrected chi connectivity index (χ3v) is 4.64. The summed E-state index contributed by atoms with van der Waals surface area (Å²) in [7, 11) is 0. The molecule has 1 amide bonds. The molecule has 0 aliphatic carbocycles. The molecule has 3 aromatic rings. The second kappa shape index (κ2) is 6.68. The van der Waals surface area contributed by atoms with Gasteiger partial charge in [-0.3, -0.25) is 9.78 Å². The molecule has 7 heteroatoms. The third-order valence-electron chi connectivity index (χ3n) is 3.73. The number of pyridine rings is 1. The van der Waals surface area contributed by atoms with E-state index in [0.29, 0.717) is 4.91 Å². The van der Waals surface area contributed by atoms with Crippen molar-refractivity contribution >= 4 is 45.5 Å². The molecule has 0 bridgehead atoms. The zero-order chi connectivity index (χ0) is 18.1. The Morgan fingerprint density at radius 1 is 1.08 bits per heavy atom. The van der Waals surface area contributed by atoms with Gasteiger partial charge in [0.25, 0.3) is 5.91 Å². The Labute approximate surface area is 151 Å². The molecule has 0 radical (unpaired) electrons. The summed E-state index contributed by atoms with van der Waals surface area (Å²) in [5.41, 5.74) is 1.25. The van der Waals surface area contributed by atoms with Crippen LogP contribution in [0.1, 0.15) is 5.56 Å². The van der Waals surface area contributed by atoms with Gasteiger partial charge in [-0.2, -0.15) is 0 Å². The van der Waals surface area contributed by atoms with E-state index in [1.807, 2.05) is 30.3 Å². The lowest BCUT2D eigenvalue weighted by molar-refractivity contribution is -0.115. The number of nitrogens with zero attached hydrogens (tertiary/aromatic N) is 2. The van der Waals surface area contributed by atoms with E-state index in [2.05, 4.69) is 15.3 Å². The third kappa shape index (κ3) is 3.21. The minimum absolute atomic E-state index is 0.132. The van der Waals surface area contributed by atoms with E-state index < -0.39 is 17.3 Å². The van der Waals surface area contributed by atoms with Gasteiger partial charge in [0.05, 0.1) is 10.4 Å². The summed E-state index contributed by atoms with van der Waals surface area (Å²) < 4.78 is 27.4. The second-order valence-corrected chi connectivity index (χ2v) is 6.54. The number of carbonyl (C=O) groups is 1. The van der Waals surface area contributed by atoms with Crippen LogP contribution in [0.25, 0.3) is 17.0 Å². The number of hydrogen-bond acceptors (Lipinski definition) is 4. The fourth-order valence-corrected chi connectivity index (χ4v) is 3.34. The molecule has 0 spiro atoms. The molecule has 2 aromatic carbocycles. The molecule has 1 aliphatic rings. The minimum atomic E-state index is -0.785. The summed E-state index contributed by atoms with van der Waals surface area (Å²) in [6, 6.07) is 12.9. The van der Waals surface area contributed by atoms with Gasteiger partial charge in [-0.05, 0) is 53.7 Å². The van der Waals surface area contributed by atoms with Crippen LogP contribution in [0.3, 0.4) is 0 Å². The van der Waals surface area contributed by atoms with E-state index in [1.165, 1.54) is 6.07 Å². The fraction of sp³-hybridized carbons (Fsp3) is 0. The zero-order valence-electron chi connectivity index (χ0n) is 13.2. The Morgan fingerprint density at radius 2 is 1.88 bits per heavy atom. The van der Waals surface area contributed by atoms with E-state index >= 15 is 0 Å². The number of hydrogen-bond donors (Lipinski definition) is 1. The molecule has 4 rings (SSSR count). The number of aliphatic imine (C=N–C) groups is 1. The fourth-order valence-electron chi connectivity index (χ4n) is 2.51. The van der Waals surface area contributed by atoms with Crippen LogP contribution < -0.4 is 5.32 Å². The van der Waals surface area contributed by atoms with Gasteiger partial charge in [-0.25, -0.2) is 13.8 Å². The maximum Gasteiger partial charge on any atom is 0.264 e. The molecule has 0 unspecified atom stereocenters.